The van der Waals surface area contributed by atoms with Gasteiger partial charge in [-0.05, 0) is 48.5 Å². The van der Waals surface area contributed by atoms with Gasteiger partial charge in [-0.15, -0.1) is 8.78 Å². The highest BCUT2D eigenvalue weighted by Crippen LogP contribution is 2.26. The van der Waals surface area contributed by atoms with Crippen LogP contribution in [0.1, 0.15) is 10.4 Å². The lowest BCUT2D eigenvalue weighted by atomic mass is 10.2. The highest BCUT2D eigenvalue weighted by molar-refractivity contribution is 6.20. The Balaban J connectivity index is 1.57. The molecule has 1 amide bonds. The second kappa shape index (κ2) is 8.11. The van der Waals surface area contributed by atoms with Gasteiger partial charge in [-0.2, -0.15) is 0 Å². The molecular formula is C21H13ClF2N4O3. The van der Waals surface area contributed by atoms with Gasteiger partial charge in [-0.3, -0.25) is 24.1 Å². The summed E-state index contributed by atoms with van der Waals surface area (Å²) in [4.78, 5) is 33.4. The van der Waals surface area contributed by atoms with E-state index in [9.17, 15) is 18.4 Å². The summed E-state index contributed by atoms with van der Waals surface area (Å²) in [6.07, 6.45) is 4.52. The number of nitrogens with one attached hydrogen (secondary N) is 1. The molecule has 4 aromatic rings. The van der Waals surface area contributed by atoms with Crippen molar-refractivity contribution in [2.75, 3.05) is 5.32 Å². The molecule has 0 unspecified atom stereocenters. The van der Waals surface area contributed by atoms with Crippen LogP contribution in [0.5, 0.6) is 5.75 Å². The molecule has 2 aromatic carbocycles. The highest BCUT2D eigenvalue weighted by Gasteiger charge is 2.27. The molecule has 0 fully saturated rings. The number of halogens is 3. The van der Waals surface area contributed by atoms with Crippen LogP contribution in [-0.4, -0.2) is 26.0 Å². The molecule has 0 aliphatic carbocycles. The van der Waals surface area contributed by atoms with E-state index < -0.39 is 11.5 Å². The van der Waals surface area contributed by atoms with E-state index in [1.165, 1.54) is 47.2 Å². The highest BCUT2D eigenvalue weighted by atomic mass is 35.5. The lowest BCUT2D eigenvalue weighted by Crippen LogP contribution is -2.21. The minimum absolute atomic E-state index is 0.161. The van der Waals surface area contributed by atoms with Crippen LogP contribution in [0.3, 0.4) is 0 Å². The largest absolute Gasteiger partial charge is 0.487 e. The minimum atomic E-state index is -3.83. The van der Waals surface area contributed by atoms with Gasteiger partial charge in [0.15, 0.2) is 0 Å². The number of rotatable bonds is 5. The fourth-order valence-electron chi connectivity index (χ4n) is 2.87. The van der Waals surface area contributed by atoms with Crippen molar-refractivity contribution < 1.29 is 18.3 Å². The Bertz CT molecular complexity index is 1320. The van der Waals surface area contributed by atoms with Crippen LogP contribution in [0.4, 0.5) is 14.5 Å². The first-order chi connectivity index (χ1) is 14.8. The van der Waals surface area contributed by atoms with Crippen molar-refractivity contribution in [3.63, 3.8) is 0 Å². The SMILES string of the molecule is O=C(Nc1ccc(OC(F)(F)Cl)cc1)c1ccc(=O)n(-c2ccc3nccnc3c2)c1. The van der Waals surface area contributed by atoms with Gasteiger partial charge in [0.2, 0.25) is 0 Å². The molecule has 4 rings (SSSR count). The Morgan fingerprint density at radius 3 is 2.42 bits per heavy atom. The molecule has 10 heteroatoms. The minimum Gasteiger partial charge on any atom is -0.420 e. The van der Waals surface area contributed by atoms with Crippen LogP contribution >= 0.6 is 11.6 Å². The van der Waals surface area contributed by atoms with E-state index in [2.05, 4.69) is 20.0 Å². The zero-order valence-corrected chi connectivity index (χ0v) is 16.4. The molecule has 0 aliphatic heterocycles. The fraction of sp³-hybridized carbons (Fsp3) is 0.0476. The number of pyridine rings is 1. The summed E-state index contributed by atoms with van der Waals surface area (Å²) in [6.45, 7) is 0. The number of carbonyl (C=O) groups is 1. The molecule has 0 bridgehead atoms. The van der Waals surface area contributed by atoms with Gasteiger partial charge in [0.25, 0.3) is 11.5 Å². The van der Waals surface area contributed by atoms with Crippen molar-refractivity contribution in [1.29, 1.82) is 0 Å². The number of aromatic nitrogens is 3. The number of ether oxygens (including phenoxy) is 1. The number of amides is 1. The van der Waals surface area contributed by atoms with Gasteiger partial charge in [-0.1, -0.05) is 0 Å². The molecule has 0 atom stereocenters. The molecule has 2 heterocycles. The number of hydrogen-bond donors (Lipinski definition) is 1. The van der Waals surface area contributed by atoms with Gasteiger partial charge >= 0.3 is 5.57 Å². The molecule has 0 radical (unpaired) electrons. The Hall–Kier alpha value is -3.85. The van der Waals surface area contributed by atoms with Crippen LogP contribution in [-0.2, 0) is 0 Å². The summed E-state index contributed by atoms with van der Waals surface area (Å²) in [5, 5.41) is 2.62. The van der Waals surface area contributed by atoms with Crippen molar-refractivity contribution in [3.05, 3.63) is 89.1 Å². The Labute approximate surface area is 178 Å². The first-order valence-corrected chi connectivity index (χ1v) is 9.27. The number of benzene rings is 2. The molecule has 0 saturated carbocycles. The molecule has 7 nitrogen and oxygen atoms in total. The lowest BCUT2D eigenvalue weighted by Gasteiger charge is -2.12. The van der Waals surface area contributed by atoms with Gasteiger partial charge in [0.1, 0.15) is 5.75 Å². The molecule has 31 heavy (non-hydrogen) atoms. The van der Waals surface area contributed by atoms with E-state index in [-0.39, 0.29) is 16.9 Å². The lowest BCUT2D eigenvalue weighted by molar-refractivity contribution is -0.0964. The summed E-state index contributed by atoms with van der Waals surface area (Å²) >= 11 is 4.72. The molecule has 1 N–H and O–H groups in total. The maximum atomic E-state index is 12.7. The molecular weight excluding hydrogens is 430 g/mol. The maximum absolute atomic E-state index is 12.7. The Morgan fingerprint density at radius 2 is 1.71 bits per heavy atom. The van der Waals surface area contributed by atoms with Crippen LogP contribution in [0, 0.1) is 0 Å². The number of hydrogen-bond acceptors (Lipinski definition) is 5. The molecule has 0 spiro atoms. The molecule has 156 valence electrons. The van der Waals surface area contributed by atoms with Crippen molar-refractivity contribution in [3.8, 4) is 11.4 Å². The summed E-state index contributed by atoms with van der Waals surface area (Å²) in [6, 6.07) is 13.0. The molecule has 0 aliphatic rings. The number of fused-ring (bicyclic) bond motifs is 1. The maximum Gasteiger partial charge on any atom is 0.487 e. The zero-order chi connectivity index (χ0) is 22.0. The van der Waals surface area contributed by atoms with Gasteiger partial charge in [0, 0.05) is 41.9 Å². The van der Waals surface area contributed by atoms with Gasteiger partial charge < -0.3 is 10.1 Å². The van der Waals surface area contributed by atoms with Gasteiger partial charge in [0.05, 0.1) is 22.3 Å². The van der Waals surface area contributed by atoms with Crippen LogP contribution < -0.4 is 15.6 Å². The number of alkyl halides is 3. The monoisotopic (exact) mass is 442 g/mol. The van der Waals surface area contributed by atoms with Crippen molar-refractivity contribution >= 4 is 34.2 Å². The van der Waals surface area contributed by atoms with E-state index in [1.807, 2.05) is 0 Å². The number of nitrogens with zero attached hydrogens (tertiary/aromatic N) is 3. The van der Waals surface area contributed by atoms with Crippen molar-refractivity contribution in [1.82, 2.24) is 14.5 Å². The first-order valence-electron chi connectivity index (χ1n) is 8.89. The second-order valence-corrected chi connectivity index (χ2v) is 6.82. The smallest absolute Gasteiger partial charge is 0.420 e. The summed E-state index contributed by atoms with van der Waals surface area (Å²) < 4.78 is 30.9. The summed E-state index contributed by atoms with van der Waals surface area (Å²) in [5.74, 6) is -0.656. The average Bonchev–Trinajstić information content (AvgIpc) is 2.74. The Kier molecular flexibility index (Phi) is 5.35. The van der Waals surface area contributed by atoms with Crippen LogP contribution in [0.25, 0.3) is 16.7 Å². The fourth-order valence-corrected chi connectivity index (χ4v) is 2.96. The normalized spacial score (nSPS) is 11.3. The topological polar surface area (TPSA) is 86.1 Å². The van der Waals surface area contributed by atoms with Gasteiger partial charge in [-0.25, -0.2) is 0 Å². The first kappa shape index (κ1) is 20.4. The number of carbonyl (C=O) groups excluding carboxylic acids is 1. The summed E-state index contributed by atoms with van der Waals surface area (Å²) in [7, 11) is 0. The third-order valence-electron chi connectivity index (χ3n) is 4.25. The predicted molar refractivity (Wildman–Crippen MR) is 111 cm³/mol. The molecule has 2 aromatic heterocycles. The van der Waals surface area contributed by atoms with Crippen LogP contribution in [0.15, 0.2) is 78.0 Å². The third-order valence-corrected chi connectivity index (χ3v) is 4.33. The standard InChI is InChI=1S/C21H13ClF2N4O3/c22-21(23,24)31-16-5-2-14(3-6-16)27-20(30)13-1-8-19(29)28(12-13)15-4-7-17-18(11-15)26-10-9-25-17/h1-12H,(H,27,30). The molecule has 0 saturated heterocycles. The van der Waals surface area contributed by atoms with E-state index in [0.717, 1.165) is 0 Å². The number of anilines is 1. The van der Waals surface area contributed by atoms with E-state index in [0.29, 0.717) is 22.4 Å². The second-order valence-electron chi connectivity index (χ2n) is 6.38. The quantitative estimate of drug-likeness (QED) is 0.468. The zero-order valence-electron chi connectivity index (χ0n) is 15.6. The van der Waals surface area contributed by atoms with Crippen molar-refractivity contribution in [2.24, 2.45) is 0 Å². The third kappa shape index (κ3) is 4.84. The van der Waals surface area contributed by atoms with E-state index in [4.69, 9.17) is 11.6 Å². The van der Waals surface area contributed by atoms with Crippen LogP contribution in [0.2, 0.25) is 0 Å². The predicted octanol–water partition coefficient (Wildman–Crippen LogP) is 4.20. The Morgan fingerprint density at radius 1 is 1.00 bits per heavy atom. The summed E-state index contributed by atoms with van der Waals surface area (Å²) in [5.41, 5.74) is -1.80. The van der Waals surface area contributed by atoms with E-state index in [1.54, 1.807) is 30.6 Å². The van der Waals surface area contributed by atoms with Crippen molar-refractivity contribution in [2.45, 2.75) is 5.57 Å². The average molecular weight is 443 g/mol. The van der Waals surface area contributed by atoms with E-state index >= 15 is 0 Å².